The molecule has 1 aromatic rings. The lowest BCUT2D eigenvalue weighted by Crippen LogP contribution is -2.48. The molecule has 0 saturated heterocycles. The van der Waals surface area contributed by atoms with Crippen LogP contribution in [0.1, 0.15) is 55.8 Å². The number of aromatic carboxylic acids is 1. The number of carboxylic acids is 1. The molecule has 2 saturated carbocycles. The lowest BCUT2D eigenvalue weighted by molar-refractivity contribution is -0.133. The molecule has 1 amide bonds. The highest BCUT2D eigenvalue weighted by molar-refractivity contribution is 6.00. The summed E-state index contributed by atoms with van der Waals surface area (Å²) in [6.07, 6.45) is 5.98. The number of phenols is 2. The minimum atomic E-state index is -1.41. The Balaban J connectivity index is 1.52. The van der Waals surface area contributed by atoms with Gasteiger partial charge in [-0.3, -0.25) is 9.59 Å². The van der Waals surface area contributed by atoms with Gasteiger partial charge in [0.1, 0.15) is 17.0 Å². The van der Waals surface area contributed by atoms with Crippen LogP contribution in [-0.4, -0.2) is 55.4 Å². The van der Waals surface area contributed by atoms with E-state index >= 15 is 0 Å². The summed E-state index contributed by atoms with van der Waals surface area (Å²) in [4.78, 5) is 36.9. The fourth-order valence-electron chi connectivity index (χ4n) is 6.46. The monoisotopic (exact) mass is 459 g/mol. The van der Waals surface area contributed by atoms with Gasteiger partial charge in [-0.15, -0.1) is 0 Å². The Morgan fingerprint density at radius 2 is 1.94 bits per heavy atom. The van der Waals surface area contributed by atoms with Crippen LogP contribution in [0, 0.1) is 22.7 Å². The number of carbonyl (C=O) groups is 3. The number of carboxylic acid groups (broad SMARTS) is 1. The van der Waals surface area contributed by atoms with Gasteiger partial charge < -0.3 is 30.8 Å². The largest absolute Gasteiger partial charge is 0.506 e. The van der Waals surface area contributed by atoms with E-state index in [-0.39, 0.29) is 42.8 Å². The first-order valence-electron chi connectivity index (χ1n) is 11.1. The Morgan fingerprint density at radius 1 is 1.21 bits per heavy atom. The number of aromatic hydroxyl groups is 2. The van der Waals surface area contributed by atoms with E-state index in [1.54, 1.807) is 0 Å². The molecule has 9 nitrogen and oxygen atoms in total. The Morgan fingerprint density at radius 3 is 2.61 bits per heavy atom. The number of hydrogen-bond acceptors (Lipinski definition) is 7. The summed E-state index contributed by atoms with van der Waals surface area (Å²) in [6, 6.07) is 2.10. The Kier molecular flexibility index (Phi) is 5.53. The van der Waals surface area contributed by atoms with Crippen LogP contribution >= 0.6 is 0 Å². The van der Waals surface area contributed by atoms with Crippen LogP contribution in [0.2, 0.25) is 0 Å². The molecule has 1 aromatic carbocycles. The number of aliphatic hydroxyl groups is 2. The number of ketones is 1. The third-order valence-corrected chi connectivity index (χ3v) is 8.21. The van der Waals surface area contributed by atoms with Crippen LogP contribution in [0.5, 0.6) is 11.5 Å². The second kappa shape index (κ2) is 7.85. The first kappa shape index (κ1) is 23.3. The van der Waals surface area contributed by atoms with Crippen LogP contribution in [0.4, 0.5) is 5.69 Å². The van der Waals surface area contributed by atoms with E-state index in [0.717, 1.165) is 12.1 Å². The second-order valence-corrected chi connectivity index (χ2v) is 10.0. The van der Waals surface area contributed by atoms with Gasteiger partial charge in [0.05, 0.1) is 12.2 Å². The van der Waals surface area contributed by atoms with Crippen molar-refractivity contribution in [3.8, 4) is 11.5 Å². The summed E-state index contributed by atoms with van der Waals surface area (Å²) >= 11 is 0. The van der Waals surface area contributed by atoms with Gasteiger partial charge in [-0.05, 0) is 67.6 Å². The number of fused-ring (bicyclic) bond motifs is 1. The maximum absolute atomic E-state index is 13.0. The molecular weight excluding hydrogens is 430 g/mol. The van der Waals surface area contributed by atoms with E-state index < -0.39 is 45.4 Å². The standard InChI is InChI=1S/C24H29NO8/c1-22(8-7-18(29)25-19-15(27)4-3-14(20(19)30)21(31)32)16-5-2-13-10-23(16,9-6-17(22)28)11-24(13,33)12-26/h3-4,6,9,13,16,26-27,30,33H,2,5,7-8,10-12H2,1H3,(H,25,29)(H,31,32)/t13?,16?,22-,23?,24?/m0/s1. The van der Waals surface area contributed by atoms with Gasteiger partial charge in [-0.1, -0.05) is 13.0 Å². The third kappa shape index (κ3) is 3.59. The normalized spacial score (nSPS) is 34.7. The third-order valence-electron chi connectivity index (χ3n) is 8.21. The minimum absolute atomic E-state index is 0.0309. The van der Waals surface area contributed by atoms with Crippen LogP contribution in [0.25, 0.3) is 0 Å². The van der Waals surface area contributed by atoms with Crippen molar-refractivity contribution < 1.29 is 39.9 Å². The maximum Gasteiger partial charge on any atom is 0.339 e. The number of amides is 1. The summed E-state index contributed by atoms with van der Waals surface area (Å²) in [6.45, 7) is 1.50. The predicted octanol–water partition coefficient (Wildman–Crippen LogP) is 2.19. The van der Waals surface area contributed by atoms with Crippen LogP contribution in [0.15, 0.2) is 24.3 Å². The molecule has 2 fully saturated rings. The molecule has 1 spiro atoms. The molecule has 33 heavy (non-hydrogen) atoms. The number of anilines is 1. The van der Waals surface area contributed by atoms with E-state index in [1.165, 1.54) is 6.08 Å². The average Bonchev–Trinajstić information content (AvgIpc) is 2.98. The van der Waals surface area contributed by atoms with Crippen molar-refractivity contribution in [1.82, 2.24) is 0 Å². The lowest BCUT2D eigenvalue weighted by atomic mass is 9.52. The van der Waals surface area contributed by atoms with Crippen molar-refractivity contribution in [3.05, 3.63) is 29.8 Å². The molecule has 3 aliphatic rings. The first-order chi connectivity index (χ1) is 15.5. The first-order valence-corrected chi connectivity index (χ1v) is 11.1. The van der Waals surface area contributed by atoms with Gasteiger partial charge in [0.15, 0.2) is 11.5 Å². The van der Waals surface area contributed by atoms with Gasteiger partial charge in [0.25, 0.3) is 0 Å². The minimum Gasteiger partial charge on any atom is -0.506 e. The zero-order valence-electron chi connectivity index (χ0n) is 18.4. The Hall–Kier alpha value is -2.91. The fraction of sp³-hybridized carbons (Fsp3) is 0.542. The summed E-state index contributed by atoms with van der Waals surface area (Å²) in [5.74, 6) is -3.42. The molecule has 178 valence electrons. The highest BCUT2D eigenvalue weighted by Crippen LogP contribution is 2.65. The van der Waals surface area contributed by atoms with Crippen LogP contribution in [0.3, 0.4) is 0 Å². The Labute approximate surface area is 190 Å². The number of hydrogen-bond donors (Lipinski definition) is 6. The van der Waals surface area contributed by atoms with E-state index in [0.29, 0.717) is 25.7 Å². The van der Waals surface area contributed by atoms with Crippen molar-refractivity contribution in [2.75, 3.05) is 11.9 Å². The molecule has 0 radical (unpaired) electrons. The summed E-state index contributed by atoms with van der Waals surface area (Å²) in [7, 11) is 0. The van der Waals surface area contributed by atoms with Gasteiger partial charge in [0, 0.05) is 11.8 Å². The smallest absolute Gasteiger partial charge is 0.339 e. The van der Waals surface area contributed by atoms with Gasteiger partial charge in [0.2, 0.25) is 5.91 Å². The molecule has 0 aromatic heterocycles. The molecular formula is C24H29NO8. The van der Waals surface area contributed by atoms with E-state index in [1.807, 2.05) is 13.0 Å². The van der Waals surface area contributed by atoms with Crippen molar-refractivity contribution in [3.63, 3.8) is 0 Å². The topological polar surface area (TPSA) is 164 Å². The highest BCUT2D eigenvalue weighted by atomic mass is 16.4. The zero-order chi connectivity index (χ0) is 24.2. The fourth-order valence-corrected chi connectivity index (χ4v) is 6.46. The number of carbonyl (C=O) groups excluding carboxylic acids is 2. The molecule has 9 heteroatoms. The van der Waals surface area contributed by atoms with Crippen molar-refractivity contribution >= 4 is 23.3 Å². The van der Waals surface area contributed by atoms with Gasteiger partial charge >= 0.3 is 5.97 Å². The molecule has 4 rings (SSSR count). The summed E-state index contributed by atoms with van der Waals surface area (Å²) in [5, 5.41) is 52.3. The predicted molar refractivity (Wildman–Crippen MR) is 117 cm³/mol. The van der Waals surface area contributed by atoms with Crippen molar-refractivity contribution in [2.45, 2.75) is 51.0 Å². The SMILES string of the molecule is C[C@@]1(CCC(=O)Nc2c(O)ccc(C(=O)O)c2O)C(=O)C=CC23CC(CCC21)C(O)(CO)C3. The number of benzene rings is 1. The molecule has 0 aliphatic heterocycles. The molecule has 3 aliphatic carbocycles. The van der Waals surface area contributed by atoms with Crippen LogP contribution < -0.4 is 5.32 Å². The second-order valence-electron chi connectivity index (χ2n) is 10.0. The number of rotatable bonds is 6. The van der Waals surface area contributed by atoms with Crippen molar-refractivity contribution in [2.24, 2.45) is 22.7 Å². The number of aliphatic hydroxyl groups excluding tert-OH is 1. The lowest BCUT2D eigenvalue weighted by Gasteiger charge is -2.50. The molecule has 5 atom stereocenters. The zero-order valence-corrected chi connectivity index (χ0v) is 18.4. The molecule has 4 unspecified atom stereocenters. The molecule has 6 N–H and O–H groups in total. The number of allylic oxidation sites excluding steroid dienone is 2. The molecule has 2 bridgehead atoms. The van der Waals surface area contributed by atoms with E-state index in [4.69, 9.17) is 5.11 Å². The van der Waals surface area contributed by atoms with Crippen molar-refractivity contribution in [1.29, 1.82) is 0 Å². The number of nitrogens with one attached hydrogen (secondary N) is 1. The summed E-state index contributed by atoms with van der Waals surface area (Å²) in [5.41, 5.74) is -3.28. The van der Waals surface area contributed by atoms with Gasteiger partial charge in [-0.25, -0.2) is 4.79 Å². The van der Waals surface area contributed by atoms with E-state index in [2.05, 4.69) is 5.32 Å². The van der Waals surface area contributed by atoms with Gasteiger partial charge in [-0.2, -0.15) is 0 Å². The maximum atomic E-state index is 13.0. The highest BCUT2D eigenvalue weighted by Gasteiger charge is 2.63. The number of phenolic OH excluding ortho intramolecular Hbond substituents is 1. The Bertz CT molecular complexity index is 1050. The average molecular weight is 459 g/mol. The summed E-state index contributed by atoms with van der Waals surface area (Å²) < 4.78 is 0. The quantitative estimate of drug-likeness (QED) is 0.352. The van der Waals surface area contributed by atoms with E-state index in [9.17, 15) is 34.8 Å². The van der Waals surface area contributed by atoms with Crippen LogP contribution in [-0.2, 0) is 9.59 Å². The molecule has 0 heterocycles.